The predicted molar refractivity (Wildman–Crippen MR) is 142 cm³/mol. The largest absolute Gasteiger partial charge is 0.497 e. The molecule has 2 aromatic rings. The highest BCUT2D eigenvalue weighted by Crippen LogP contribution is 2.37. The lowest BCUT2D eigenvalue weighted by Crippen LogP contribution is -2.59. The van der Waals surface area contributed by atoms with E-state index < -0.39 is 17.9 Å². The molecule has 10 heteroatoms. The molecule has 2 fully saturated rings. The number of ether oxygens (including phenoxy) is 1. The Hall–Kier alpha value is -2.91. The molecule has 2 heterocycles. The van der Waals surface area contributed by atoms with Gasteiger partial charge in [0.1, 0.15) is 5.75 Å². The van der Waals surface area contributed by atoms with Crippen LogP contribution in [0.3, 0.4) is 0 Å². The van der Waals surface area contributed by atoms with E-state index in [-0.39, 0.29) is 17.4 Å². The van der Waals surface area contributed by atoms with Crippen molar-refractivity contribution in [1.29, 1.82) is 0 Å². The second-order valence-corrected chi connectivity index (χ2v) is 10.8. The van der Waals surface area contributed by atoms with Gasteiger partial charge in [-0.05, 0) is 61.4 Å². The normalized spacial score (nSPS) is 18.2. The summed E-state index contributed by atoms with van der Waals surface area (Å²) < 4.78 is 33.0. The minimum absolute atomic E-state index is 0.135. The van der Waals surface area contributed by atoms with Crippen molar-refractivity contribution in [3.8, 4) is 5.75 Å². The SMILES string of the molecule is COc1cccc([C@@](O)(C(=O)N2CC(CC3CCN(c4ccc(C(=O)N(C)C)c(Cl)c4)CC3)C2)C(F)F)c1. The molecule has 2 aliphatic rings. The first-order valence-corrected chi connectivity index (χ1v) is 13.1. The van der Waals surface area contributed by atoms with Crippen LogP contribution in [0.25, 0.3) is 0 Å². The Morgan fingerprint density at radius 2 is 1.82 bits per heavy atom. The molecular weight excluding hydrogens is 516 g/mol. The zero-order valence-electron chi connectivity index (χ0n) is 21.9. The van der Waals surface area contributed by atoms with Crippen LogP contribution in [0.15, 0.2) is 42.5 Å². The van der Waals surface area contributed by atoms with Crippen LogP contribution < -0.4 is 9.64 Å². The van der Waals surface area contributed by atoms with Gasteiger partial charge in [0.15, 0.2) is 0 Å². The van der Waals surface area contributed by atoms with Gasteiger partial charge in [-0.1, -0.05) is 23.7 Å². The second kappa shape index (κ2) is 11.5. The monoisotopic (exact) mass is 549 g/mol. The van der Waals surface area contributed by atoms with Gasteiger partial charge < -0.3 is 24.5 Å². The lowest BCUT2D eigenvalue weighted by atomic mass is 9.82. The summed E-state index contributed by atoms with van der Waals surface area (Å²) in [6, 6.07) is 11.2. The Balaban J connectivity index is 1.29. The number of amides is 2. The number of hydrogen-bond donors (Lipinski definition) is 1. The molecule has 0 unspecified atom stereocenters. The van der Waals surface area contributed by atoms with E-state index in [0.29, 0.717) is 35.3 Å². The Morgan fingerprint density at radius 1 is 1.13 bits per heavy atom. The van der Waals surface area contributed by atoms with E-state index in [0.717, 1.165) is 38.0 Å². The highest BCUT2D eigenvalue weighted by molar-refractivity contribution is 6.34. The number of hydrogen-bond acceptors (Lipinski definition) is 5. The quantitative estimate of drug-likeness (QED) is 0.532. The topological polar surface area (TPSA) is 73.3 Å². The smallest absolute Gasteiger partial charge is 0.280 e. The third-order valence-electron chi connectivity index (χ3n) is 7.63. The van der Waals surface area contributed by atoms with Crippen LogP contribution in [0.1, 0.15) is 35.2 Å². The van der Waals surface area contributed by atoms with Crippen molar-refractivity contribution in [3.63, 3.8) is 0 Å². The van der Waals surface area contributed by atoms with Crippen molar-refractivity contribution in [2.24, 2.45) is 11.8 Å². The molecule has 38 heavy (non-hydrogen) atoms. The number of anilines is 1. The molecule has 0 radical (unpaired) electrons. The van der Waals surface area contributed by atoms with Crippen molar-refractivity contribution >= 4 is 29.1 Å². The van der Waals surface area contributed by atoms with E-state index in [9.17, 15) is 23.5 Å². The number of carbonyl (C=O) groups excluding carboxylic acids is 2. The number of alkyl halides is 2. The van der Waals surface area contributed by atoms with Crippen molar-refractivity contribution in [3.05, 3.63) is 58.6 Å². The number of carbonyl (C=O) groups is 2. The molecule has 2 saturated heterocycles. The van der Waals surface area contributed by atoms with Gasteiger partial charge in [0.25, 0.3) is 18.2 Å². The Labute approximate surface area is 226 Å². The molecule has 2 amide bonds. The molecule has 2 aliphatic heterocycles. The maximum absolute atomic E-state index is 14.0. The van der Waals surface area contributed by atoms with E-state index in [1.807, 2.05) is 12.1 Å². The number of rotatable bonds is 8. The van der Waals surface area contributed by atoms with Gasteiger partial charge in [0.05, 0.1) is 17.7 Å². The van der Waals surface area contributed by atoms with Gasteiger partial charge in [0.2, 0.25) is 5.60 Å². The van der Waals surface area contributed by atoms with E-state index in [4.69, 9.17) is 16.3 Å². The fraction of sp³-hybridized carbons (Fsp3) is 0.500. The molecule has 7 nitrogen and oxygen atoms in total. The third kappa shape index (κ3) is 5.59. The van der Waals surface area contributed by atoms with Gasteiger partial charge >= 0.3 is 0 Å². The number of benzene rings is 2. The van der Waals surface area contributed by atoms with E-state index in [2.05, 4.69) is 4.90 Å². The van der Waals surface area contributed by atoms with Crippen LogP contribution in [0, 0.1) is 11.8 Å². The highest BCUT2D eigenvalue weighted by Gasteiger charge is 2.52. The molecule has 0 spiro atoms. The minimum atomic E-state index is -3.27. The first-order valence-electron chi connectivity index (χ1n) is 12.7. The Bertz CT molecular complexity index is 1170. The molecule has 0 bridgehead atoms. The standard InChI is InChI=1S/C28H34ClF2N3O4/c1-32(2)25(35)23-8-7-21(15-24(23)29)33-11-9-18(10-12-33)13-19-16-34(17-19)27(36)28(37,26(30)31)20-5-4-6-22(14-20)38-3/h4-8,14-15,18-19,26,37H,9-13,16-17H2,1-3H3/t28-/m0/s1. The molecule has 0 aliphatic carbocycles. The van der Waals surface area contributed by atoms with Crippen LogP contribution in [-0.2, 0) is 10.4 Å². The van der Waals surface area contributed by atoms with Crippen molar-refractivity contribution in [2.45, 2.75) is 31.3 Å². The fourth-order valence-electron chi connectivity index (χ4n) is 5.34. The van der Waals surface area contributed by atoms with Crippen molar-refractivity contribution in [1.82, 2.24) is 9.80 Å². The maximum atomic E-state index is 14.0. The molecule has 0 saturated carbocycles. The Morgan fingerprint density at radius 3 is 2.39 bits per heavy atom. The zero-order valence-corrected chi connectivity index (χ0v) is 22.6. The zero-order chi connectivity index (χ0) is 27.6. The number of piperidine rings is 1. The fourth-order valence-corrected chi connectivity index (χ4v) is 5.60. The molecule has 2 aromatic carbocycles. The number of halogens is 3. The van der Waals surface area contributed by atoms with Crippen LogP contribution in [-0.4, -0.2) is 80.5 Å². The number of likely N-dealkylation sites (tertiary alicyclic amines) is 1. The summed E-state index contributed by atoms with van der Waals surface area (Å²) in [5.41, 5.74) is -1.62. The lowest BCUT2D eigenvalue weighted by molar-refractivity contribution is -0.178. The first kappa shape index (κ1) is 28.1. The summed E-state index contributed by atoms with van der Waals surface area (Å²) in [7, 11) is 4.77. The van der Waals surface area contributed by atoms with Gasteiger partial charge in [0, 0.05) is 51.5 Å². The summed E-state index contributed by atoms with van der Waals surface area (Å²) >= 11 is 6.38. The summed E-state index contributed by atoms with van der Waals surface area (Å²) in [6.45, 7) is 2.40. The maximum Gasteiger partial charge on any atom is 0.280 e. The van der Waals surface area contributed by atoms with Gasteiger partial charge in [-0.2, -0.15) is 0 Å². The lowest BCUT2D eigenvalue weighted by Gasteiger charge is -2.45. The van der Waals surface area contributed by atoms with Gasteiger partial charge in [-0.3, -0.25) is 9.59 Å². The summed E-state index contributed by atoms with van der Waals surface area (Å²) in [6.07, 6.45) is -0.439. The van der Waals surface area contributed by atoms with E-state index in [1.54, 1.807) is 26.2 Å². The van der Waals surface area contributed by atoms with Crippen molar-refractivity contribution in [2.75, 3.05) is 52.3 Å². The molecule has 0 aromatic heterocycles. The summed E-state index contributed by atoms with van der Waals surface area (Å²) in [4.78, 5) is 30.3. The molecule has 1 atom stereocenters. The predicted octanol–water partition coefficient (Wildman–Crippen LogP) is 4.27. The Kier molecular flexibility index (Phi) is 8.47. The molecule has 1 N–H and O–H groups in total. The molecule has 206 valence electrons. The van der Waals surface area contributed by atoms with E-state index >= 15 is 0 Å². The van der Waals surface area contributed by atoms with Crippen LogP contribution >= 0.6 is 11.6 Å². The number of nitrogens with zero attached hydrogens (tertiary/aromatic N) is 3. The second-order valence-electron chi connectivity index (χ2n) is 10.4. The van der Waals surface area contributed by atoms with Gasteiger partial charge in [-0.15, -0.1) is 0 Å². The van der Waals surface area contributed by atoms with Crippen LogP contribution in [0.5, 0.6) is 5.75 Å². The van der Waals surface area contributed by atoms with Crippen molar-refractivity contribution < 1.29 is 28.2 Å². The van der Waals surface area contributed by atoms with Gasteiger partial charge in [-0.25, -0.2) is 8.78 Å². The average molecular weight is 550 g/mol. The molecule has 4 rings (SSSR count). The average Bonchev–Trinajstić information content (AvgIpc) is 2.89. The first-order chi connectivity index (χ1) is 18.0. The number of methoxy groups -OCH3 is 1. The third-order valence-corrected chi connectivity index (χ3v) is 7.94. The highest BCUT2D eigenvalue weighted by atomic mass is 35.5. The van der Waals surface area contributed by atoms with Crippen LogP contribution in [0.4, 0.5) is 14.5 Å². The molecular formula is C28H34ClF2N3O4. The van der Waals surface area contributed by atoms with E-state index in [1.165, 1.54) is 35.1 Å². The minimum Gasteiger partial charge on any atom is -0.497 e. The summed E-state index contributed by atoms with van der Waals surface area (Å²) in [5.74, 6) is -0.134. The number of aliphatic hydroxyl groups is 1. The van der Waals surface area contributed by atoms with Crippen LogP contribution in [0.2, 0.25) is 5.02 Å². The summed E-state index contributed by atoms with van der Waals surface area (Å²) in [5, 5.41) is 11.2.